The van der Waals surface area contributed by atoms with Gasteiger partial charge in [-0.25, -0.2) is 0 Å². The Labute approximate surface area is 180 Å². The molecule has 0 radical (unpaired) electrons. The molecule has 3 aromatic rings. The first kappa shape index (κ1) is 20.9. The standard InChI is InChI=1S/C24H26N2O5/c1-25(2)12-7-13-26-21(17-14-15(29-3)10-11-18(17)30-4)20-22(27)16-8-5-6-9-19(16)31-23(20)24(26)28/h5-6,8-11,14,21H,7,12-13H2,1-4H3/t21-/m1/s1. The van der Waals surface area contributed by atoms with Crippen LogP contribution in [0.4, 0.5) is 0 Å². The van der Waals surface area contributed by atoms with Gasteiger partial charge in [-0.2, -0.15) is 0 Å². The maximum Gasteiger partial charge on any atom is 0.290 e. The third-order valence-electron chi connectivity index (χ3n) is 5.61. The van der Waals surface area contributed by atoms with Gasteiger partial charge in [-0.05, 0) is 57.4 Å². The number of nitrogens with zero attached hydrogens (tertiary/aromatic N) is 2. The van der Waals surface area contributed by atoms with E-state index in [1.165, 1.54) is 0 Å². The predicted octanol–water partition coefficient (Wildman–Crippen LogP) is 3.31. The highest BCUT2D eigenvalue weighted by molar-refractivity contribution is 5.99. The van der Waals surface area contributed by atoms with E-state index in [9.17, 15) is 9.59 Å². The molecule has 0 fully saturated rings. The number of amides is 1. The smallest absolute Gasteiger partial charge is 0.290 e. The molecule has 1 aromatic heterocycles. The van der Waals surface area contributed by atoms with Gasteiger partial charge in [0.25, 0.3) is 5.91 Å². The molecule has 0 spiro atoms. The zero-order valence-corrected chi connectivity index (χ0v) is 18.2. The quantitative estimate of drug-likeness (QED) is 0.582. The summed E-state index contributed by atoms with van der Waals surface area (Å²) in [6, 6.07) is 11.8. The number of para-hydroxylation sites is 1. The van der Waals surface area contributed by atoms with Crippen molar-refractivity contribution < 1.29 is 18.7 Å². The molecule has 0 aliphatic carbocycles. The first-order chi connectivity index (χ1) is 15.0. The van der Waals surface area contributed by atoms with Crippen molar-refractivity contribution in [2.24, 2.45) is 0 Å². The minimum absolute atomic E-state index is 0.100. The highest BCUT2D eigenvalue weighted by Gasteiger charge is 2.43. The Kier molecular flexibility index (Phi) is 5.69. The molecule has 0 saturated heterocycles. The molecule has 2 aromatic carbocycles. The van der Waals surface area contributed by atoms with Crippen molar-refractivity contribution in [3.05, 3.63) is 69.6 Å². The molecule has 0 N–H and O–H groups in total. The van der Waals surface area contributed by atoms with Crippen LogP contribution in [0.5, 0.6) is 11.5 Å². The van der Waals surface area contributed by atoms with E-state index in [0.717, 1.165) is 13.0 Å². The number of benzene rings is 2. The molecular weight excluding hydrogens is 396 g/mol. The van der Waals surface area contributed by atoms with Crippen LogP contribution < -0.4 is 14.9 Å². The molecule has 0 bridgehead atoms. The second-order valence-electron chi connectivity index (χ2n) is 7.84. The lowest BCUT2D eigenvalue weighted by Gasteiger charge is -2.27. The number of hydrogen-bond acceptors (Lipinski definition) is 6. The summed E-state index contributed by atoms with van der Waals surface area (Å²) < 4.78 is 17.0. The average Bonchev–Trinajstić information content (AvgIpc) is 3.05. The number of hydrogen-bond donors (Lipinski definition) is 0. The van der Waals surface area contributed by atoms with Crippen LogP contribution >= 0.6 is 0 Å². The lowest BCUT2D eigenvalue weighted by atomic mass is 9.97. The average molecular weight is 422 g/mol. The molecule has 0 saturated carbocycles. The molecule has 2 heterocycles. The summed E-state index contributed by atoms with van der Waals surface area (Å²) >= 11 is 0. The van der Waals surface area contributed by atoms with Gasteiger partial charge >= 0.3 is 0 Å². The largest absolute Gasteiger partial charge is 0.497 e. The van der Waals surface area contributed by atoms with E-state index in [1.54, 1.807) is 55.5 Å². The van der Waals surface area contributed by atoms with Crippen molar-refractivity contribution in [2.45, 2.75) is 12.5 Å². The Morgan fingerprint density at radius 3 is 2.55 bits per heavy atom. The fraction of sp³-hybridized carbons (Fsp3) is 0.333. The molecule has 1 aliphatic rings. The second-order valence-corrected chi connectivity index (χ2v) is 7.84. The summed E-state index contributed by atoms with van der Waals surface area (Å²) in [6.45, 7) is 1.29. The van der Waals surface area contributed by atoms with E-state index in [0.29, 0.717) is 40.1 Å². The van der Waals surface area contributed by atoms with Gasteiger partial charge < -0.3 is 23.7 Å². The summed E-state index contributed by atoms with van der Waals surface area (Å²) in [5.41, 5.74) is 1.25. The molecule has 7 heteroatoms. The van der Waals surface area contributed by atoms with Gasteiger partial charge in [-0.1, -0.05) is 12.1 Å². The van der Waals surface area contributed by atoms with Crippen molar-refractivity contribution >= 4 is 16.9 Å². The maximum atomic E-state index is 13.5. The van der Waals surface area contributed by atoms with Crippen LogP contribution in [0.2, 0.25) is 0 Å². The van der Waals surface area contributed by atoms with Crippen LogP contribution in [0.25, 0.3) is 11.0 Å². The summed E-state index contributed by atoms with van der Waals surface area (Å²) in [6.07, 6.45) is 0.753. The molecule has 1 atom stereocenters. The Morgan fingerprint density at radius 1 is 1.06 bits per heavy atom. The van der Waals surface area contributed by atoms with Crippen molar-refractivity contribution in [1.82, 2.24) is 9.80 Å². The van der Waals surface area contributed by atoms with E-state index in [-0.39, 0.29) is 17.1 Å². The molecule has 162 valence electrons. The summed E-state index contributed by atoms with van der Waals surface area (Å²) in [5, 5.41) is 0.455. The van der Waals surface area contributed by atoms with Crippen LogP contribution in [-0.4, -0.2) is 57.1 Å². The van der Waals surface area contributed by atoms with Crippen molar-refractivity contribution in [1.29, 1.82) is 0 Å². The van der Waals surface area contributed by atoms with Crippen LogP contribution in [0.3, 0.4) is 0 Å². The first-order valence-corrected chi connectivity index (χ1v) is 10.2. The number of methoxy groups -OCH3 is 2. The number of fused-ring (bicyclic) bond motifs is 2. The molecule has 7 nitrogen and oxygen atoms in total. The Morgan fingerprint density at radius 2 is 1.84 bits per heavy atom. The van der Waals surface area contributed by atoms with Crippen LogP contribution in [0.15, 0.2) is 51.7 Å². The summed E-state index contributed by atoms with van der Waals surface area (Å²) in [4.78, 5) is 30.7. The third-order valence-corrected chi connectivity index (χ3v) is 5.61. The summed E-state index contributed by atoms with van der Waals surface area (Å²) in [7, 11) is 7.13. The van der Waals surface area contributed by atoms with Crippen LogP contribution in [-0.2, 0) is 0 Å². The van der Waals surface area contributed by atoms with Gasteiger partial charge in [0.1, 0.15) is 17.1 Å². The predicted molar refractivity (Wildman–Crippen MR) is 118 cm³/mol. The number of ether oxygens (including phenoxy) is 2. The van der Waals surface area contributed by atoms with E-state index in [2.05, 4.69) is 4.90 Å². The molecule has 4 rings (SSSR count). The Hall–Kier alpha value is -3.32. The Balaban J connectivity index is 1.93. The number of rotatable bonds is 7. The van der Waals surface area contributed by atoms with Gasteiger partial charge in [0.15, 0.2) is 5.43 Å². The van der Waals surface area contributed by atoms with Crippen molar-refractivity contribution in [3.8, 4) is 11.5 Å². The molecular formula is C24H26N2O5. The van der Waals surface area contributed by atoms with Crippen LogP contribution in [0, 0.1) is 0 Å². The van der Waals surface area contributed by atoms with Gasteiger partial charge in [0.2, 0.25) is 5.76 Å². The minimum atomic E-state index is -0.615. The van der Waals surface area contributed by atoms with Crippen molar-refractivity contribution in [2.75, 3.05) is 41.4 Å². The molecule has 31 heavy (non-hydrogen) atoms. The molecule has 1 aliphatic heterocycles. The normalized spacial score (nSPS) is 15.6. The zero-order chi connectivity index (χ0) is 22.1. The number of carbonyl (C=O) groups is 1. The second kappa shape index (κ2) is 8.43. The summed E-state index contributed by atoms with van der Waals surface area (Å²) in [5.74, 6) is 1.02. The van der Waals surface area contributed by atoms with E-state index < -0.39 is 6.04 Å². The topological polar surface area (TPSA) is 72.2 Å². The monoisotopic (exact) mass is 422 g/mol. The van der Waals surface area contributed by atoms with E-state index >= 15 is 0 Å². The minimum Gasteiger partial charge on any atom is -0.497 e. The zero-order valence-electron chi connectivity index (χ0n) is 18.2. The van der Waals surface area contributed by atoms with E-state index in [4.69, 9.17) is 13.9 Å². The maximum absolute atomic E-state index is 13.5. The fourth-order valence-corrected chi connectivity index (χ4v) is 4.13. The highest BCUT2D eigenvalue weighted by atomic mass is 16.5. The fourth-order valence-electron chi connectivity index (χ4n) is 4.13. The van der Waals surface area contributed by atoms with Gasteiger partial charge in [0.05, 0.1) is 31.2 Å². The van der Waals surface area contributed by atoms with E-state index in [1.807, 2.05) is 20.2 Å². The molecule has 1 amide bonds. The Bertz CT molecular complexity index is 1180. The lowest BCUT2D eigenvalue weighted by Crippen LogP contribution is -2.32. The highest BCUT2D eigenvalue weighted by Crippen LogP contribution is 2.42. The molecule has 0 unspecified atom stereocenters. The van der Waals surface area contributed by atoms with Gasteiger partial charge in [-0.3, -0.25) is 9.59 Å². The van der Waals surface area contributed by atoms with Gasteiger partial charge in [-0.15, -0.1) is 0 Å². The third kappa shape index (κ3) is 3.65. The number of carbonyl (C=O) groups excluding carboxylic acids is 1. The first-order valence-electron chi connectivity index (χ1n) is 10.2. The van der Waals surface area contributed by atoms with Crippen molar-refractivity contribution in [3.63, 3.8) is 0 Å². The van der Waals surface area contributed by atoms with Gasteiger partial charge in [0, 0.05) is 12.1 Å². The lowest BCUT2D eigenvalue weighted by molar-refractivity contribution is 0.0720. The SMILES string of the molecule is COc1ccc(OC)c([C@@H]2c3c(oc4ccccc4c3=O)C(=O)N2CCCN(C)C)c1. The van der Waals surface area contributed by atoms with Crippen LogP contribution in [0.1, 0.15) is 34.1 Å².